The summed E-state index contributed by atoms with van der Waals surface area (Å²) in [4.78, 5) is 18.6. The van der Waals surface area contributed by atoms with Crippen LogP contribution in [0.4, 0.5) is 5.00 Å². The molecule has 1 amide bonds. The van der Waals surface area contributed by atoms with Crippen LogP contribution in [0.5, 0.6) is 0 Å². The lowest BCUT2D eigenvalue weighted by atomic mass is 9.86. The Bertz CT molecular complexity index is 974. The van der Waals surface area contributed by atoms with E-state index in [4.69, 9.17) is 11.6 Å². The zero-order chi connectivity index (χ0) is 21.8. The first kappa shape index (κ1) is 22.3. The fourth-order valence-corrected chi connectivity index (χ4v) is 6.12. The molecule has 2 aromatic rings. The summed E-state index contributed by atoms with van der Waals surface area (Å²) in [5.74, 6) is 0.676. The van der Waals surface area contributed by atoms with Gasteiger partial charge in [-0.1, -0.05) is 37.1 Å². The average molecular weight is 457 g/mol. The maximum atomic E-state index is 12.7. The van der Waals surface area contributed by atoms with Crippen LogP contribution in [0.3, 0.4) is 0 Å². The number of carbonyl (C=O) groups is 1. The number of amides is 1. The van der Waals surface area contributed by atoms with Crippen molar-refractivity contribution in [3.05, 3.63) is 50.9 Å². The highest BCUT2D eigenvalue weighted by atomic mass is 35.5. The van der Waals surface area contributed by atoms with Crippen molar-refractivity contribution in [3.8, 4) is 6.07 Å². The molecule has 1 aliphatic heterocycles. The lowest BCUT2D eigenvalue weighted by molar-refractivity contribution is -0.117. The summed E-state index contributed by atoms with van der Waals surface area (Å²) in [6.45, 7) is 7.05. The Hall–Kier alpha value is -1.91. The summed E-state index contributed by atoms with van der Waals surface area (Å²) in [6.07, 6.45) is 4.30. The largest absolute Gasteiger partial charge is 0.315 e. The summed E-state index contributed by atoms with van der Waals surface area (Å²) < 4.78 is 0. The molecule has 1 N–H and O–H groups in total. The van der Waals surface area contributed by atoms with Crippen molar-refractivity contribution in [2.45, 2.75) is 39.2 Å². The number of hydrogen-bond donors (Lipinski definition) is 1. The fourth-order valence-electron chi connectivity index (χ4n) is 4.58. The van der Waals surface area contributed by atoms with Crippen molar-refractivity contribution < 1.29 is 4.79 Å². The van der Waals surface area contributed by atoms with Gasteiger partial charge in [-0.25, -0.2) is 0 Å². The zero-order valence-corrected chi connectivity index (χ0v) is 19.6. The summed E-state index contributed by atoms with van der Waals surface area (Å²) >= 11 is 7.70. The number of piperazine rings is 1. The van der Waals surface area contributed by atoms with Crippen LogP contribution in [0.25, 0.3) is 0 Å². The molecule has 0 radical (unpaired) electrons. The molecular formula is C24H29ClN4OS. The molecule has 4 rings (SSSR count). The molecule has 2 aliphatic rings. The van der Waals surface area contributed by atoms with E-state index in [1.165, 1.54) is 22.4 Å². The predicted octanol–water partition coefficient (Wildman–Crippen LogP) is 4.54. The van der Waals surface area contributed by atoms with Crippen LogP contribution in [0.15, 0.2) is 24.3 Å². The molecule has 31 heavy (non-hydrogen) atoms. The molecular weight excluding hydrogens is 428 g/mol. The minimum Gasteiger partial charge on any atom is -0.315 e. The molecule has 2 heterocycles. The Morgan fingerprint density at radius 1 is 1.29 bits per heavy atom. The van der Waals surface area contributed by atoms with Crippen molar-refractivity contribution in [2.75, 3.05) is 38.0 Å². The van der Waals surface area contributed by atoms with Gasteiger partial charge in [0.15, 0.2) is 0 Å². The van der Waals surface area contributed by atoms with Crippen LogP contribution in [0, 0.1) is 17.2 Å². The topological polar surface area (TPSA) is 59.4 Å². The van der Waals surface area contributed by atoms with E-state index in [0.29, 0.717) is 18.0 Å². The Balaban J connectivity index is 1.29. The van der Waals surface area contributed by atoms with E-state index in [0.717, 1.165) is 62.0 Å². The highest BCUT2D eigenvalue weighted by Gasteiger charge is 2.26. The maximum Gasteiger partial charge on any atom is 0.239 e. The number of hydrogen-bond acceptors (Lipinski definition) is 5. The first-order valence-electron chi connectivity index (χ1n) is 11.1. The second-order valence-corrected chi connectivity index (χ2v) is 10.1. The monoisotopic (exact) mass is 456 g/mol. The van der Waals surface area contributed by atoms with Gasteiger partial charge in [-0.15, -0.1) is 11.3 Å². The number of halogens is 1. The number of rotatable bonds is 6. The smallest absolute Gasteiger partial charge is 0.239 e. The molecule has 1 aliphatic carbocycles. The number of thiophene rings is 1. The molecule has 1 aromatic heterocycles. The second-order valence-electron chi connectivity index (χ2n) is 8.57. The molecule has 1 atom stereocenters. The lowest BCUT2D eigenvalue weighted by Gasteiger charge is -2.34. The highest BCUT2D eigenvalue weighted by Crippen LogP contribution is 2.40. The SMILES string of the molecule is CCC1CCc2c(sc(NC(=O)CN3CCN(Cc4cccc(Cl)c4)CC3)c2C#N)C1. The van der Waals surface area contributed by atoms with Crippen LogP contribution in [0.1, 0.15) is 41.3 Å². The summed E-state index contributed by atoms with van der Waals surface area (Å²) in [5, 5.41) is 14.2. The number of nitrogens with zero attached hydrogens (tertiary/aromatic N) is 3. The van der Waals surface area contributed by atoms with Crippen molar-refractivity contribution in [3.63, 3.8) is 0 Å². The Labute approximate surface area is 193 Å². The normalized spacial score (nSPS) is 19.6. The second kappa shape index (κ2) is 10.1. The van der Waals surface area contributed by atoms with Crippen molar-refractivity contribution in [2.24, 2.45) is 5.92 Å². The van der Waals surface area contributed by atoms with E-state index in [1.54, 1.807) is 11.3 Å². The molecule has 1 unspecified atom stereocenters. The molecule has 0 spiro atoms. The van der Waals surface area contributed by atoms with E-state index in [-0.39, 0.29) is 5.91 Å². The van der Waals surface area contributed by atoms with Gasteiger partial charge in [0.25, 0.3) is 0 Å². The number of anilines is 1. The molecule has 1 aromatic carbocycles. The van der Waals surface area contributed by atoms with Crippen molar-refractivity contribution >= 4 is 33.8 Å². The molecule has 1 fully saturated rings. The highest BCUT2D eigenvalue weighted by molar-refractivity contribution is 7.16. The van der Waals surface area contributed by atoms with E-state index in [9.17, 15) is 10.1 Å². The number of nitriles is 1. The minimum atomic E-state index is -0.0228. The fraction of sp³-hybridized carbons (Fsp3) is 0.500. The third-order valence-corrected chi connectivity index (χ3v) is 7.84. The third-order valence-electron chi connectivity index (χ3n) is 6.44. The third kappa shape index (κ3) is 5.48. The lowest BCUT2D eigenvalue weighted by Crippen LogP contribution is -2.48. The number of fused-ring (bicyclic) bond motifs is 1. The van der Waals surface area contributed by atoms with Gasteiger partial charge >= 0.3 is 0 Å². The molecule has 5 nitrogen and oxygen atoms in total. The van der Waals surface area contributed by atoms with Crippen molar-refractivity contribution in [1.82, 2.24) is 9.80 Å². The number of benzene rings is 1. The van der Waals surface area contributed by atoms with Crippen LogP contribution in [-0.2, 0) is 24.2 Å². The first-order chi connectivity index (χ1) is 15.1. The van der Waals surface area contributed by atoms with Gasteiger partial charge in [0.2, 0.25) is 5.91 Å². The molecule has 164 valence electrons. The van der Waals surface area contributed by atoms with E-state index >= 15 is 0 Å². The molecule has 0 bridgehead atoms. The quantitative estimate of drug-likeness (QED) is 0.693. The van der Waals surface area contributed by atoms with E-state index in [2.05, 4.69) is 34.2 Å². The molecule has 0 saturated carbocycles. The van der Waals surface area contributed by atoms with Gasteiger partial charge in [0, 0.05) is 42.6 Å². The Morgan fingerprint density at radius 2 is 2.06 bits per heavy atom. The zero-order valence-electron chi connectivity index (χ0n) is 18.0. The number of carbonyl (C=O) groups excluding carboxylic acids is 1. The van der Waals surface area contributed by atoms with Gasteiger partial charge in [-0.05, 0) is 48.4 Å². The Morgan fingerprint density at radius 3 is 2.77 bits per heavy atom. The van der Waals surface area contributed by atoms with Gasteiger partial charge in [0.05, 0.1) is 12.1 Å². The summed E-state index contributed by atoms with van der Waals surface area (Å²) in [5.41, 5.74) is 3.08. The van der Waals surface area contributed by atoms with Crippen LogP contribution < -0.4 is 5.32 Å². The van der Waals surface area contributed by atoms with Gasteiger partial charge in [-0.3, -0.25) is 14.6 Å². The Kier molecular flexibility index (Phi) is 7.29. The maximum absolute atomic E-state index is 12.7. The molecule has 1 saturated heterocycles. The van der Waals surface area contributed by atoms with E-state index in [1.807, 2.05) is 18.2 Å². The predicted molar refractivity (Wildman–Crippen MR) is 127 cm³/mol. The average Bonchev–Trinajstić information content (AvgIpc) is 3.10. The van der Waals surface area contributed by atoms with Gasteiger partial charge < -0.3 is 5.32 Å². The number of nitrogens with one attached hydrogen (secondary N) is 1. The summed E-state index contributed by atoms with van der Waals surface area (Å²) in [6, 6.07) is 10.3. The molecule has 7 heteroatoms. The standard InChI is InChI=1S/C24H29ClN4OS/c1-2-17-6-7-20-21(14-26)24(31-22(20)13-17)27-23(30)16-29-10-8-28(9-11-29)15-18-4-3-5-19(25)12-18/h3-5,12,17H,2,6-11,13,15-16H2,1H3,(H,27,30). The van der Waals surface area contributed by atoms with Crippen molar-refractivity contribution in [1.29, 1.82) is 5.26 Å². The van der Waals surface area contributed by atoms with Crippen LogP contribution >= 0.6 is 22.9 Å². The van der Waals surface area contributed by atoms with Gasteiger partial charge in [-0.2, -0.15) is 5.26 Å². The first-order valence-corrected chi connectivity index (χ1v) is 12.3. The summed E-state index contributed by atoms with van der Waals surface area (Å²) in [7, 11) is 0. The minimum absolute atomic E-state index is 0.0228. The van der Waals surface area contributed by atoms with E-state index < -0.39 is 0 Å². The van der Waals surface area contributed by atoms with Gasteiger partial charge in [0.1, 0.15) is 11.1 Å². The van der Waals surface area contributed by atoms with Crippen LogP contribution in [-0.4, -0.2) is 48.4 Å². The van der Waals surface area contributed by atoms with Crippen LogP contribution in [0.2, 0.25) is 5.02 Å².